The highest BCUT2D eigenvalue weighted by Gasteiger charge is 2.27. The minimum absolute atomic E-state index is 0.0862. The van der Waals surface area contributed by atoms with Crippen molar-refractivity contribution in [3.8, 4) is 0 Å². The number of primary amides is 1. The molecule has 0 aromatic heterocycles. The molecule has 0 aliphatic carbocycles. The molecule has 0 aliphatic heterocycles. The standard InChI is InChI=1S/C25H43N3O2/c1-4-7-8-9-10-11-12-13-15-20-23(21-24(29)27(5-2)6-3)28(25(26)30)22-18-16-14-17-19-22/h14,16-19,23H,4-13,15,20-21H2,1-3H3,(H2,26,30). The molecule has 1 atom stereocenters. The molecule has 0 fully saturated rings. The maximum atomic E-state index is 12.8. The fourth-order valence-electron chi connectivity index (χ4n) is 4.03. The number of benzene rings is 1. The van der Waals surface area contributed by atoms with Crippen LogP contribution in [0.5, 0.6) is 0 Å². The highest BCUT2D eigenvalue weighted by molar-refractivity contribution is 5.92. The molecule has 0 radical (unpaired) electrons. The van der Waals surface area contributed by atoms with Crippen LogP contribution in [-0.4, -0.2) is 36.0 Å². The van der Waals surface area contributed by atoms with Crippen LogP contribution in [0.3, 0.4) is 0 Å². The van der Waals surface area contributed by atoms with E-state index in [1.54, 1.807) is 4.90 Å². The van der Waals surface area contributed by atoms with Crippen molar-refractivity contribution in [1.82, 2.24) is 4.90 Å². The van der Waals surface area contributed by atoms with Gasteiger partial charge in [-0.25, -0.2) is 4.79 Å². The molecule has 1 rings (SSSR count). The van der Waals surface area contributed by atoms with Crippen LogP contribution in [-0.2, 0) is 4.79 Å². The number of anilines is 1. The number of unbranched alkanes of at least 4 members (excludes halogenated alkanes) is 8. The van der Waals surface area contributed by atoms with Gasteiger partial charge in [0.25, 0.3) is 0 Å². The van der Waals surface area contributed by atoms with Crippen molar-refractivity contribution in [3.05, 3.63) is 30.3 Å². The van der Waals surface area contributed by atoms with E-state index in [9.17, 15) is 9.59 Å². The molecule has 1 aromatic carbocycles. The SMILES string of the molecule is CCCCCCCCCCCC(CC(=O)N(CC)CC)N(C(N)=O)c1ccccc1. The third kappa shape index (κ3) is 9.64. The summed E-state index contributed by atoms with van der Waals surface area (Å²) in [5.74, 6) is 0.0862. The number of rotatable bonds is 16. The number of nitrogens with zero attached hydrogens (tertiary/aromatic N) is 2. The second-order valence-electron chi connectivity index (χ2n) is 8.08. The Bertz CT molecular complexity index is 587. The number of para-hydroxylation sites is 1. The van der Waals surface area contributed by atoms with Crippen molar-refractivity contribution in [2.45, 2.75) is 97.4 Å². The van der Waals surface area contributed by atoms with Crippen molar-refractivity contribution in [1.29, 1.82) is 0 Å². The van der Waals surface area contributed by atoms with Gasteiger partial charge in [0.1, 0.15) is 0 Å². The minimum atomic E-state index is -0.491. The predicted molar refractivity (Wildman–Crippen MR) is 127 cm³/mol. The van der Waals surface area contributed by atoms with Crippen LogP contribution in [0, 0.1) is 0 Å². The van der Waals surface area contributed by atoms with E-state index in [1.807, 2.05) is 49.1 Å². The van der Waals surface area contributed by atoms with Gasteiger partial charge >= 0.3 is 6.03 Å². The average molecular weight is 418 g/mol. The van der Waals surface area contributed by atoms with Gasteiger partial charge in [0.05, 0.1) is 0 Å². The van der Waals surface area contributed by atoms with Crippen molar-refractivity contribution in [2.24, 2.45) is 5.73 Å². The molecule has 170 valence electrons. The van der Waals surface area contributed by atoms with Gasteiger partial charge in [-0.15, -0.1) is 0 Å². The first kappa shape index (κ1) is 26.0. The zero-order valence-corrected chi connectivity index (χ0v) is 19.4. The number of carbonyl (C=O) groups is 2. The van der Waals surface area contributed by atoms with E-state index in [1.165, 1.54) is 44.9 Å². The van der Waals surface area contributed by atoms with Gasteiger partial charge in [-0.2, -0.15) is 0 Å². The number of nitrogens with two attached hydrogens (primary N) is 1. The van der Waals surface area contributed by atoms with Crippen molar-refractivity contribution in [3.63, 3.8) is 0 Å². The predicted octanol–water partition coefficient (Wildman–Crippen LogP) is 6.12. The lowest BCUT2D eigenvalue weighted by atomic mass is 10.0. The third-order valence-electron chi connectivity index (χ3n) is 5.80. The molecule has 1 aromatic rings. The summed E-state index contributed by atoms with van der Waals surface area (Å²) < 4.78 is 0. The third-order valence-corrected chi connectivity index (χ3v) is 5.80. The summed E-state index contributed by atoms with van der Waals surface area (Å²) in [5.41, 5.74) is 6.52. The highest BCUT2D eigenvalue weighted by Crippen LogP contribution is 2.23. The topological polar surface area (TPSA) is 66.6 Å². The summed E-state index contributed by atoms with van der Waals surface area (Å²) in [6.45, 7) is 7.58. The molecule has 0 spiro atoms. The number of urea groups is 1. The van der Waals surface area contributed by atoms with Crippen LogP contribution in [0.4, 0.5) is 10.5 Å². The first-order chi connectivity index (χ1) is 14.5. The van der Waals surface area contributed by atoms with Crippen molar-refractivity contribution in [2.75, 3.05) is 18.0 Å². The molecule has 5 nitrogen and oxygen atoms in total. The molecule has 0 aliphatic rings. The van der Waals surface area contributed by atoms with E-state index in [4.69, 9.17) is 5.73 Å². The Balaban J connectivity index is 2.68. The van der Waals surface area contributed by atoms with Gasteiger partial charge in [0, 0.05) is 31.2 Å². The monoisotopic (exact) mass is 417 g/mol. The van der Waals surface area contributed by atoms with Crippen LogP contribution in [0.2, 0.25) is 0 Å². The summed E-state index contributed by atoms with van der Waals surface area (Å²) >= 11 is 0. The molecule has 30 heavy (non-hydrogen) atoms. The van der Waals surface area contributed by atoms with Gasteiger partial charge < -0.3 is 10.6 Å². The molecule has 0 saturated carbocycles. The van der Waals surface area contributed by atoms with E-state index >= 15 is 0 Å². The minimum Gasteiger partial charge on any atom is -0.351 e. The van der Waals surface area contributed by atoms with Crippen LogP contribution in [0.15, 0.2) is 30.3 Å². The molecule has 2 N–H and O–H groups in total. The van der Waals surface area contributed by atoms with E-state index in [2.05, 4.69) is 6.92 Å². The van der Waals surface area contributed by atoms with Crippen molar-refractivity contribution >= 4 is 17.6 Å². The number of amides is 3. The molecule has 0 saturated heterocycles. The summed E-state index contributed by atoms with van der Waals surface area (Å²) in [6.07, 6.45) is 12.3. The number of hydrogen-bond donors (Lipinski definition) is 1. The molecular weight excluding hydrogens is 374 g/mol. The van der Waals surface area contributed by atoms with E-state index in [0.717, 1.165) is 24.9 Å². The molecule has 1 unspecified atom stereocenters. The maximum absolute atomic E-state index is 12.8. The van der Waals surface area contributed by atoms with Crippen molar-refractivity contribution < 1.29 is 9.59 Å². The zero-order chi connectivity index (χ0) is 22.2. The van der Waals surface area contributed by atoms with Gasteiger partial charge in [0.15, 0.2) is 0 Å². The lowest BCUT2D eigenvalue weighted by Crippen LogP contribution is -2.46. The largest absolute Gasteiger partial charge is 0.351 e. The summed E-state index contributed by atoms with van der Waals surface area (Å²) in [6, 6.07) is 8.78. The second kappa shape index (κ2) is 15.8. The quantitative estimate of drug-likeness (QED) is 0.329. The van der Waals surface area contributed by atoms with Crippen LogP contribution >= 0.6 is 0 Å². The smallest absolute Gasteiger partial charge is 0.319 e. The maximum Gasteiger partial charge on any atom is 0.319 e. The van der Waals surface area contributed by atoms with Gasteiger partial charge in [-0.3, -0.25) is 9.69 Å². The fraction of sp³-hybridized carbons (Fsp3) is 0.680. The Kier molecular flexibility index (Phi) is 13.7. The molecule has 0 bridgehead atoms. The van der Waals surface area contributed by atoms with E-state index < -0.39 is 6.03 Å². The van der Waals surface area contributed by atoms with E-state index in [0.29, 0.717) is 19.5 Å². The van der Waals surface area contributed by atoms with E-state index in [-0.39, 0.29) is 11.9 Å². The molecular formula is C25H43N3O2. The normalized spacial score (nSPS) is 11.8. The zero-order valence-electron chi connectivity index (χ0n) is 19.4. The van der Waals surface area contributed by atoms with Crippen LogP contribution in [0.25, 0.3) is 0 Å². The average Bonchev–Trinajstić information content (AvgIpc) is 2.74. The van der Waals surface area contributed by atoms with Gasteiger partial charge in [-0.1, -0.05) is 82.9 Å². The number of hydrogen-bond acceptors (Lipinski definition) is 2. The summed E-state index contributed by atoms with van der Waals surface area (Å²) in [5, 5.41) is 0. The summed E-state index contributed by atoms with van der Waals surface area (Å²) in [7, 11) is 0. The Hall–Kier alpha value is -2.04. The lowest BCUT2D eigenvalue weighted by molar-refractivity contribution is -0.131. The molecule has 3 amide bonds. The van der Waals surface area contributed by atoms with Crippen LogP contribution in [0.1, 0.15) is 91.4 Å². The molecule has 0 heterocycles. The van der Waals surface area contributed by atoms with Gasteiger partial charge in [-0.05, 0) is 32.4 Å². The van der Waals surface area contributed by atoms with Gasteiger partial charge in [0.2, 0.25) is 5.91 Å². The Morgan fingerprint density at radius 2 is 1.37 bits per heavy atom. The van der Waals surface area contributed by atoms with Crippen LogP contribution < -0.4 is 10.6 Å². The first-order valence-electron chi connectivity index (χ1n) is 12.0. The Morgan fingerprint density at radius 3 is 1.87 bits per heavy atom. The molecule has 5 heteroatoms. The second-order valence-corrected chi connectivity index (χ2v) is 8.08. The Morgan fingerprint density at radius 1 is 0.833 bits per heavy atom. The number of carbonyl (C=O) groups excluding carboxylic acids is 2. The highest BCUT2D eigenvalue weighted by atomic mass is 16.2. The first-order valence-corrected chi connectivity index (χ1v) is 12.0. The lowest BCUT2D eigenvalue weighted by Gasteiger charge is -2.32. The Labute approximate surface area is 184 Å². The fourth-order valence-corrected chi connectivity index (χ4v) is 4.03. The summed E-state index contributed by atoms with van der Waals surface area (Å²) in [4.78, 5) is 28.5.